The summed E-state index contributed by atoms with van der Waals surface area (Å²) in [4.78, 5) is 26.5. The van der Waals surface area contributed by atoms with Gasteiger partial charge >= 0.3 is 6.09 Å². The number of anilines is 2. The number of ether oxygens (including phenoxy) is 2. The van der Waals surface area contributed by atoms with E-state index in [1.807, 2.05) is 20.8 Å². The third-order valence-corrected chi connectivity index (χ3v) is 4.75. The number of nitrogens with one attached hydrogen (secondary N) is 1. The van der Waals surface area contributed by atoms with Gasteiger partial charge in [0.2, 0.25) is 5.91 Å². The molecule has 7 nitrogen and oxygen atoms in total. The number of hydrogen-bond acceptors (Lipinski definition) is 5. The van der Waals surface area contributed by atoms with Crippen LogP contribution in [0.15, 0.2) is 18.1 Å². The van der Waals surface area contributed by atoms with E-state index in [0.717, 1.165) is 4.90 Å². The van der Waals surface area contributed by atoms with Crippen LogP contribution >= 0.6 is 0 Å². The normalized spacial score (nSPS) is 28.9. The number of carbonyl (C=O) groups excluding carboxylic acids is 2. The van der Waals surface area contributed by atoms with E-state index in [-0.39, 0.29) is 30.6 Å². The summed E-state index contributed by atoms with van der Waals surface area (Å²) in [5.41, 5.74) is -1.15. The summed E-state index contributed by atoms with van der Waals surface area (Å²) in [5, 5.41) is 0.641. The van der Waals surface area contributed by atoms with Crippen LogP contribution in [0.25, 0.3) is 0 Å². The molecule has 1 aromatic rings. The number of morpholine rings is 1. The molecule has 2 aliphatic rings. The Bertz CT molecular complexity index is 919. The van der Waals surface area contributed by atoms with Crippen molar-refractivity contribution in [2.45, 2.75) is 58.5 Å². The lowest BCUT2D eigenvalue weighted by Gasteiger charge is -2.43. The van der Waals surface area contributed by atoms with Crippen LogP contribution < -0.4 is 15.1 Å². The molecule has 0 saturated carbocycles. The number of amides is 2. The largest absolute Gasteiger partial charge is 0.442 e. The van der Waals surface area contributed by atoms with Crippen molar-refractivity contribution >= 4 is 23.4 Å². The number of hydrogen-bond donors (Lipinski definition) is 1. The summed E-state index contributed by atoms with van der Waals surface area (Å²) >= 11 is 0. The first-order valence-electron chi connectivity index (χ1n) is 11.2. The van der Waals surface area contributed by atoms with E-state index in [4.69, 9.17) is 15.0 Å². The third kappa shape index (κ3) is 4.22. The highest BCUT2D eigenvalue weighted by Crippen LogP contribution is 2.33. The first-order valence-corrected chi connectivity index (χ1v) is 9.24. The molecule has 1 N–H and O–H groups in total. The van der Waals surface area contributed by atoms with Gasteiger partial charge in [-0.3, -0.25) is 9.69 Å². The summed E-state index contributed by atoms with van der Waals surface area (Å²) < 4.78 is 59.5. The van der Waals surface area contributed by atoms with Gasteiger partial charge in [0, 0.05) is 20.0 Å². The number of halogens is 1. The van der Waals surface area contributed by atoms with Gasteiger partial charge in [-0.1, -0.05) is 0 Å². The van der Waals surface area contributed by atoms with E-state index in [1.165, 1.54) is 6.92 Å². The van der Waals surface area contributed by atoms with Crippen LogP contribution in [0.1, 0.15) is 38.7 Å². The fourth-order valence-electron chi connectivity index (χ4n) is 3.65. The van der Waals surface area contributed by atoms with Gasteiger partial charge in [-0.15, -0.1) is 0 Å². The Morgan fingerprint density at radius 3 is 2.82 bits per heavy atom. The Kier molecular flexibility index (Phi) is 4.21. The van der Waals surface area contributed by atoms with Gasteiger partial charge in [-0.2, -0.15) is 0 Å². The van der Waals surface area contributed by atoms with Crippen molar-refractivity contribution in [1.82, 2.24) is 5.31 Å². The Labute approximate surface area is 170 Å². The molecule has 0 radical (unpaired) electrons. The molecule has 0 aliphatic carbocycles. The molecule has 2 aliphatic heterocycles. The Hall–Kier alpha value is -2.35. The molecule has 2 fully saturated rings. The van der Waals surface area contributed by atoms with Crippen LogP contribution in [0.3, 0.4) is 0 Å². The molecule has 154 valence electrons. The molecule has 2 saturated heterocycles. The van der Waals surface area contributed by atoms with Crippen LogP contribution in [-0.2, 0) is 14.3 Å². The molecule has 0 bridgehead atoms. The van der Waals surface area contributed by atoms with Crippen molar-refractivity contribution < 1.29 is 29.0 Å². The number of carbonyl (C=O) groups is 2. The molecule has 0 spiro atoms. The second-order valence-corrected chi connectivity index (χ2v) is 7.85. The highest BCUT2D eigenvalue weighted by atomic mass is 19.1. The second-order valence-electron chi connectivity index (χ2n) is 7.85. The lowest BCUT2D eigenvalue weighted by Crippen LogP contribution is -2.52. The maximum Gasteiger partial charge on any atom is 0.415 e. The first kappa shape index (κ1) is 15.6. The zero-order chi connectivity index (χ0) is 24.1. The maximum absolute atomic E-state index is 15.5. The molecule has 2 amide bonds. The zero-order valence-corrected chi connectivity index (χ0v) is 16.7. The number of rotatable bonds is 4. The van der Waals surface area contributed by atoms with Crippen molar-refractivity contribution in [1.29, 1.82) is 0 Å². The average Bonchev–Trinajstić information content (AvgIpc) is 2.93. The minimum absolute atomic E-state index is 0.169. The molecule has 1 aromatic carbocycles. The molecule has 2 heterocycles. The number of nitrogens with zero attached hydrogens (tertiary/aromatic N) is 2. The van der Waals surface area contributed by atoms with Crippen LogP contribution in [0.2, 0.25) is 1.41 Å². The number of benzene rings is 1. The summed E-state index contributed by atoms with van der Waals surface area (Å²) in [6, 6.07) is -2.37. The highest BCUT2D eigenvalue weighted by Gasteiger charge is 2.40. The van der Waals surface area contributed by atoms with Gasteiger partial charge in [0.15, 0.2) is 1.41 Å². The van der Waals surface area contributed by atoms with Crippen LogP contribution in [0.5, 0.6) is 0 Å². The van der Waals surface area contributed by atoms with E-state index >= 15 is 4.39 Å². The fraction of sp³-hybridized carbons (Fsp3) is 0.600. The van der Waals surface area contributed by atoms with E-state index in [9.17, 15) is 9.59 Å². The minimum atomic E-state index is -1.000. The van der Waals surface area contributed by atoms with Crippen molar-refractivity contribution in [3.05, 3.63) is 23.9 Å². The lowest BCUT2D eigenvalue weighted by atomic mass is 10.0. The summed E-state index contributed by atoms with van der Waals surface area (Å²) in [6.07, 6.45) is -2.07. The summed E-state index contributed by atoms with van der Waals surface area (Å²) in [5.74, 6) is -1.54. The smallest absolute Gasteiger partial charge is 0.415 e. The Balaban J connectivity index is 2.01. The van der Waals surface area contributed by atoms with Crippen molar-refractivity contribution in [3.8, 4) is 0 Å². The average molecular weight is 397 g/mol. The fourth-order valence-corrected chi connectivity index (χ4v) is 3.65. The van der Waals surface area contributed by atoms with E-state index in [2.05, 4.69) is 0 Å². The molecule has 3 rings (SSSR count). The van der Waals surface area contributed by atoms with Crippen molar-refractivity contribution in [2.75, 3.05) is 29.4 Å². The second kappa shape index (κ2) is 7.58. The summed E-state index contributed by atoms with van der Waals surface area (Å²) in [6.45, 7) is 8.61. The number of cyclic esters (lactones) is 1. The highest BCUT2D eigenvalue weighted by molar-refractivity contribution is 5.91. The molecule has 3 atom stereocenters. The van der Waals surface area contributed by atoms with Gasteiger partial charge in [0.05, 0.1) is 39.8 Å². The SMILES string of the molecule is [2H]c1c([2H])c(N2C(=O)O[C@@H](CN([2H])C(C)=O)C2C)c([2H])c(F)c1N1CC(C)OC(C)(C)C1. The Morgan fingerprint density at radius 2 is 2.18 bits per heavy atom. The van der Waals surface area contributed by atoms with Crippen LogP contribution in [-0.4, -0.2) is 55.5 Å². The first-order chi connectivity index (χ1) is 14.7. The predicted octanol–water partition coefficient (Wildman–Crippen LogP) is 2.68. The van der Waals surface area contributed by atoms with Crippen molar-refractivity contribution in [3.63, 3.8) is 0 Å². The van der Waals surface area contributed by atoms with Crippen molar-refractivity contribution in [2.24, 2.45) is 0 Å². The molecule has 8 heteroatoms. The Morgan fingerprint density at radius 1 is 1.46 bits per heavy atom. The molecule has 0 aromatic heterocycles. The molecule has 28 heavy (non-hydrogen) atoms. The van der Waals surface area contributed by atoms with Crippen LogP contribution in [0, 0.1) is 5.82 Å². The van der Waals surface area contributed by atoms with E-state index in [0.29, 0.717) is 11.9 Å². The quantitative estimate of drug-likeness (QED) is 0.846. The monoisotopic (exact) mass is 397 g/mol. The maximum atomic E-state index is 15.5. The predicted molar refractivity (Wildman–Crippen MR) is 104 cm³/mol. The van der Waals surface area contributed by atoms with E-state index < -0.39 is 53.7 Å². The lowest BCUT2D eigenvalue weighted by molar-refractivity contribution is -0.119. The molecular formula is C20H28FN3O4. The van der Waals surface area contributed by atoms with Gasteiger partial charge in [-0.25, -0.2) is 9.18 Å². The topological polar surface area (TPSA) is 71.1 Å². The van der Waals surface area contributed by atoms with Gasteiger partial charge in [-0.05, 0) is 45.8 Å². The summed E-state index contributed by atoms with van der Waals surface area (Å²) in [7, 11) is 0. The zero-order valence-electron chi connectivity index (χ0n) is 20.7. The minimum Gasteiger partial charge on any atom is -0.442 e. The van der Waals surface area contributed by atoms with E-state index in [1.54, 1.807) is 11.8 Å². The van der Waals surface area contributed by atoms with Gasteiger partial charge in [0.25, 0.3) is 0 Å². The van der Waals surface area contributed by atoms with Crippen LogP contribution in [0.4, 0.5) is 20.6 Å². The molecule has 2 unspecified atom stereocenters. The van der Waals surface area contributed by atoms with Gasteiger partial charge in [0.1, 0.15) is 11.9 Å². The third-order valence-electron chi connectivity index (χ3n) is 4.75. The molecular weight excluding hydrogens is 365 g/mol. The van der Waals surface area contributed by atoms with Gasteiger partial charge < -0.3 is 19.7 Å². The standard InChI is InChI=1S/C20H28FN3O4/c1-12-10-23(11-20(4,5)28-12)17-7-6-15(8-16(17)21)24-13(2)18(27-19(24)26)9-22-14(3)25/h6-8,12-13,18H,9-11H2,1-5H3,(H,22,25)/t12?,13?,18-/m0/s1/i6D,7D,8D/hD.